The van der Waals surface area contributed by atoms with Gasteiger partial charge < -0.3 is 42.7 Å². The van der Waals surface area contributed by atoms with Gasteiger partial charge in [0.05, 0.1) is 12.1 Å². The first-order chi connectivity index (χ1) is 28.3. The molecule has 9 N–H and O–H groups in total. The minimum absolute atomic E-state index is 0.0927. The molecule has 5 atom stereocenters. The van der Waals surface area contributed by atoms with Crippen molar-refractivity contribution in [2.24, 2.45) is 28.7 Å². The third kappa shape index (κ3) is 15.2. The molecule has 1 aliphatic heterocycles. The van der Waals surface area contributed by atoms with Gasteiger partial charge in [0.2, 0.25) is 41.4 Å². The van der Waals surface area contributed by atoms with Crippen LogP contribution in [0.1, 0.15) is 122 Å². The highest BCUT2D eigenvalue weighted by atomic mass is 16.4. The van der Waals surface area contributed by atoms with Crippen LogP contribution in [0.3, 0.4) is 0 Å². The summed E-state index contributed by atoms with van der Waals surface area (Å²) in [5, 5.41) is 19.3. The van der Waals surface area contributed by atoms with E-state index in [0.29, 0.717) is 12.8 Å². The lowest BCUT2D eigenvalue weighted by Gasteiger charge is -2.37. The number of carbonyl (C=O) groups excluding carboxylic acids is 8. The van der Waals surface area contributed by atoms with Crippen LogP contribution in [0.15, 0.2) is 36.7 Å². The molecule has 0 radical (unpaired) electrons. The van der Waals surface area contributed by atoms with Crippen LogP contribution in [0.25, 0.3) is 0 Å². The number of hydrogen-bond donors (Lipinski definition) is 7. The number of allylic oxidation sites excluding steroid dienone is 1. The van der Waals surface area contributed by atoms with E-state index in [-0.39, 0.29) is 49.0 Å². The molecule has 330 valence electrons. The first kappa shape index (κ1) is 48.7. The molecule has 1 aromatic rings. The van der Waals surface area contributed by atoms with Gasteiger partial charge in [-0.15, -0.1) is 0 Å². The highest BCUT2D eigenvalue weighted by Gasteiger charge is 2.46. The summed E-state index contributed by atoms with van der Waals surface area (Å²) in [5.41, 5.74) is 10.2. The number of carbonyl (C=O) groups is 9. The summed E-state index contributed by atoms with van der Waals surface area (Å²) in [5.74, 6) is -5.88. The predicted molar refractivity (Wildman–Crippen MR) is 219 cm³/mol. The van der Waals surface area contributed by atoms with Crippen molar-refractivity contribution in [2.45, 2.75) is 141 Å². The number of nitrogens with two attached hydrogens (primary N) is 2. The number of carboxylic acid groups (broad SMARTS) is 1. The van der Waals surface area contributed by atoms with E-state index >= 15 is 0 Å². The second kappa shape index (κ2) is 23.2. The molecule has 2 saturated carbocycles. The molecule has 0 bridgehead atoms. The Morgan fingerprint density at radius 2 is 1.47 bits per heavy atom. The zero-order chi connectivity index (χ0) is 44.6. The second-order valence-electron chi connectivity index (χ2n) is 16.9. The van der Waals surface area contributed by atoms with E-state index in [1.54, 1.807) is 26.8 Å². The van der Waals surface area contributed by atoms with Crippen molar-refractivity contribution in [1.29, 1.82) is 0 Å². The molecule has 2 aliphatic carbocycles. The van der Waals surface area contributed by atoms with Crippen LogP contribution < -0.4 is 32.7 Å². The van der Waals surface area contributed by atoms with Crippen molar-refractivity contribution in [3.63, 3.8) is 0 Å². The number of Topliss-reactive ketones (excluding diaryl/α,β-unsaturated/α-hetero) is 1. The van der Waals surface area contributed by atoms with Crippen LogP contribution in [-0.4, -0.2) is 105 Å². The number of pyridine rings is 1. The molecule has 3 aliphatic rings. The highest BCUT2D eigenvalue weighted by molar-refractivity contribution is 6.02. The van der Waals surface area contributed by atoms with Crippen molar-refractivity contribution in [3.05, 3.63) is 42.2 Å². The standard InChI is InChI=1S/C36H57N7O8.C6H5NO2/c1-21(44)39-25(17-11-12-18-27(37)46)32(48)42-30(36(2,3)4)35(51)43-20-24(45)19-26(43)33(49)41-29(23-15-9-6-10-16-23)34(50)40-28(31(38)47)22-13-7-5-8-14-22;8-6(9)5-2-1-3-7-4-5/h12,18,22-23,25-26,28-30H,5-11,13-17,19-20H2,1-4H3,(H2,37,46)(H2,38,47)(H,39,44)(H,40,50)(H,41,49)(H,42,48);1-4H,(H,8,9)/b18-12+;/t25-,26-,28-,29-,30+;/m0./s1. The van der Waals surface area contributed by atoms with E-state index in [1.807, 2.05) is 0 Å². The number of ketones is 1. The summed E-state index contributed by atoms with van der Waals surface area (Å²) in [6.45, 7) is 6.04. The molecule has 7 amide bonds. The summed E-state index contributed by atoms with van der Waals surface area (Å²) < 4.78 is 0. The highest BCUT2D eigenvalue weighted by Crippen LogP contribution is 2.30. The number of likely N-dealkylation sites (tertiary alicyclic amines) is 1. The molecule has 60 heavy (non-hydrogen) atoms. The fraction of sp³-hybridized carbons (Fsp3) is 0.619. The maximum atomic E-state index is 14.2. The van der Waals surface area contributed by atoms with Crippen molar-refractivity contribution >= 4 is 53.1 Å². The molecule has 1 saturated heterocycles. The second-order valence-corrected chi connectivity index (χ2v) is 16.9. The molecule has 3 fully saturated rings. The molecular weight excluding hydrogens is 777 g/mol. The van der Waals surface area contributed by atoms with Gasteiger partial charge in [0, 0.05) is 25.7 Å². The first-order valence-electron chi connectivity index (χ1n) is 20.7. The predicted octanol–water partition coefficient (Wildman–Crippen LogP) is 1.41. The SMILES string of the molecule is CC(=O)N[C@@H](CC/C=C/C(N)=O)C(=O)N[C@H](C(=O)N1CC(=O)C[C@H]1C(=O)N[C@H](C(=O)N[C@H](C(N)=O)C1CCCCC1)C1CCCCC1)C(C)(C)C.O=C(O)c1cccnc1. The molecule has 0 aromatic carbocycles. The summed E-state index contributed by atoms with van der Waals surface area (Å²) in [4.78, 5) is 119. The summed E-state index contributed by atoms with van der Waals surface area (Å²) >= 11 is 0. The van der Waals surface area contributed by atoms with E-state index < -0.39 is 82.9 Å². The molecule has 0 spiro atoms. The molecule has 4 rings (SSSR count). The smallest absolute Gasteiger partial charge is 0.337 e. The van der Waals surface area contributed by atoms with E-state index in [0.717, 1.165) is 62.3 Å². The lowest BCUT2D eigenvalue weighted by molar-refractivity contribution is -0.145. The summed E-state index contributed by atoms with van der Waals surface area (Å²) in [6, 6.07) is -2.28. The number of nitrogens with zero attached hydrogens (tertiary/aromatic N) is 2. The van der Waals surface area contributed by atoms with Gasteiger partial charge in [-0.25, -0.2) is 4.79 Å². The van der Waals surface area contributed by atoms with Crippen molar-refractivity contribution in [2.75, 3.05) is 6.54 Å². The van der Waals surface area contributed by atoms with E-state index in [9.17, 15) is 43.2 Å². The Hall–Kier alpha value is -5.68. The Balaban J connectivity index is 0.000000940. The van der Waals surface area contributed by atoms with Gasteiger partial charge in [-0.05, 0) is 74.0 Å². The van der Waals surface area contributed by atoms with Crippen LogP contribution >= 0.6 is 0 Å². The number of aromatic nitrogens is 1. The lowest BCUT2D eigenvalue weighted by atomic mass is 9.81. The van der Waals surface area contributed by atoms with Crippen molar-refractivity contribution < 1.29 is 48.3 Å². The first-order valence-corrected chi connectivity index (χ1v) is 20.7. The molecule has 2 heterocycles. The number of primary amides is 2. The number of hydrogen-bond acceptors (Lipinski definition) is 10. The maximum absolute atomic E-state index is 14.2. The van der Waals surface area contributed by atoms with E-state index in [4.69, 9.17) is 16.6 Å². The van der Waals surface area contributed by atoms with Crippen LogP contribution in [0, 0.1) is 17.3 Å². The normalized spacial score (nSPS) is 19.4. The van der Waals surface area contributed by atoms with Crippen molar-refractivity contribution in [3.8, 4) is 0 Å². The van der Waals surface area contributed by atoms with Crippen molar-refractivity contribution in [1.82, 2.24) is 31.2 Å². The molecule has 18 nitrogen and oxygen atoms in total. The third-order valence-electron chi connectivity index (χ3n) is 11.1. The molecule has 18 heteroatoms. The van der Waals surface area contributed by atoms with E-state index in [2.05, 4.69) is 26.3 Å². The number of nitrogens with one attached hydrogen (secondary N) is 4. The molecule has 1 aromatic heterocycles. The van der Waals surface area contributed by atoms with Crippen LogP contribution in [-0.2, 0) is 38.4 Å². The number of aromatic carboxylic acids is 1. The van der Waals surface area contributed by atoms with Gasteiger partial charge in [0.15, 0.2) is 5.78 Å². The zero-order valence-electron chi connectivity index (χ0n) is 35.1. The van der Waals surface area contributed by atoms with Crippen LogP contribution in [0.4, 0.5) is 0 Å². The van der Waals surface area contributed by atoms with Gasteiger partial charge in [-0.2, -0.15) is 0 Å². The molecule has 0 unspecified atom stereocenters. The largest absolute Gasteiger partial charge is 0.478 e. The zero-order valence-corrected chi connectivity index (χ0v) is 35.1. The Kier molecular flexibility index (Phi) is 18.8. The van der Waals surface area contributed by atoms with Gasteiger partial charge in [-0.1, -0.05) is 65.4 Å². The van der Waals surface area contributed by atoms with Crippen LogP contribution in [0.2, 0.25) is 0 Å². The average molecular weight is 839 g/mol. The number of amides is 7. The Morgan fingerprint density at radius 3 is 1.95 bits per heavy atom. The van der Waals surface area contributed by atoms with Gasteiger partial charge >= 0.3 is 5.97 Å². The Labute approximate surface area is 350 Å². The fourth-order valence-corrected chi connectivity index (χ4v) is 7.93. The Bertz CT molecular complexity index is 1730. The minimum atomic E-state index is -1.24. The number of carboxylic acids is 1. The minimum Gasteiger partial charge on any atom is -0.478 e. The number of rotatable bonds is 16. The average Bonchev–Trinajstić information content (AvgIpc) is 3.60. The van der Waals surface area contributed by atoms with Gasteiger partial charge in [0.1, 0.15) is 30.2 Å². The lowest BCUT2D eigenvalue weighted by Crippen LogP contribution is -2.62. The summed E-state index contributed by atoms with van der Waals surface area (Å²) in [7, 11) is 0. The third-order valence-corrected chi connectivity index (χ3v) is 11.1. The molecular formula is C42H62N8O10. The van der Waals surface area contributed by atoms with Crippen LogP contribution in [0.5, 0.6) is 0 Å². The topological polar surface area (TPSA) is 290 Å². The van der Waals surface area contributed by atoms with Gasteiger partial charge in [-0.3, -0.25) is 43.3 Å². The summed E-state index contributed by atoms with van der Waals surface area (Å²) in [6.07, 6.45) is 14.1. The quantitative estimate of drug-likeness (QED) is 0.117. The Morgan fingerprint density at radius 1 is 0.867 bits per heavy atom. The fourth-order valence-electron chi connectivity index (χ4n) is 7.93. The van der Waals surface area contributed by atoms with E-state index in [1.165, 1.54) is 31.5 Å². The monoisotopic (exact) mass is 838 g/mol. The van der Waals surface area contributed by atoms with Gasteiger partial charge in [0.25, 0.3) is 0 Å². The maximum Gasteiger partial charge on any atom is 0.337 e.